The van der Waals surface area contributed by atoms with Gasteiger partial charge in [0, 0.05) is 11.8 Å². The lowest BCUT2D eigenvalue weighted by Crippen LogP contribution is -1.98. The normalized spacial score (nSPS) is 10.6. The Bertz CT molecular complexity index is 585. The van der Waals surface area contributed by atoms with E-state index in [4.69, 9.17) is 11.6 Å². The molecule has 0 amide bonds. The molecule has 0 saturated carbocycles. The molecule has 0 atom stereocenters. The van der Waals surface area contributed by atoms with Gasteiger partial charge in [0.05, 0.1) is 5.69 Å². The predicted octanol–water partition coefficient (Wildman–Crippen LogP) is 3.69. The average Bonchev–Trinajstić information content (AvgIpc) is 2.30. The lowest BCUT2D eigenvalue weighted by atomic mass is 10.1. The van der Waals surface area contributed by atoms with Crippen molar-refractivity contribution in [2.24, 2.45) is 0 Å². The van der Waals surface area contributed by atoms with Crippen LogP contribution in [0, 0.1) is 25.5 Å². The fourth-order valence-corrected chi connectivity index (χ4v) is 1.66. The van der Waals surface area contributed by atoms with Gasteiger partial charge in [-0.05, 0) is 42.6 Å². The summed E-state index contributed by atoms with van der Waals surface area (Å²) in [7, 11) is 0. The standard InChI is InChI=1S/C12H9ClF2N2/c1-6-3-4-8(10(15)9(6)14)11-7(2)5-16-12(13)17-11/h3-5H,1-2H3. The summed E-state index contributed by atoms with van der Waals surface area (Å²) >= 11 is 5.65. The molecular weight excluding hydrogens is 246 g/mol. The Morgan fingerprint density at radius 1 is 1.06 bits per heavy atom. The third-order valence-corrected chi connectivity index (χ3v) is 2.65. The summed E-state index contributed by atoms with van der Waals surface area (Å²) in [5.41, 5.74) is 1.29. The molecule has 2 nitrogen and oxygen atoms in total. The number of hydrogen-bond donors (Lipinski definition) is 0. The smallest absolute Gasteiger partial charge is 0.222 e. The molecule has 17 heavy (non-hydrogen) atoms. The zero-order valence-electron chi connectivity index (χ0n) is 9.26. The van der Waals surface area contributed by atoms with Gasteiger partial charge in [0.1, 0.15) is 0 Å². The van der Waals surface area contributed by atoms with Crippen LogP contribution in [0.2, 0.25) is 5.28 Å². The van der Waals surface area contributed by atoms with Crippen molar-refractivity contribution in [1.29, 1.82) is 0 Å². The summed E-state index contributed by atoms with van der Waals surface area (Å²) in [6, 6.07) is 2.99. The van der Waals surface area contributed by atoms with E-state index < -0.39 is 11.6 Å². The second-order valence-corrected chi connectivity index (χ2v) is 4.07. The maximum absolute atomic E-state index is 13.8. The van der Waals surface area contributed by atoms with Crippen molar-refractivity contribution in [2.75, 3.05) is 0 Å². The monoisotopic (exact) mass is 254 g/mol. The molecule has 0 radical (unpaired) electrons. The van der Waals surface area contributed by atoms with E-state index in [2.05, 4.69) is 9.97 Å². The molecule has 0 unspecified atom stereocenters. The maximum Gasteiger partial charge on any atom is 0.222 e. The first-order chi connectivity index (χ1) is 8.00. The summed E-state index contributed by atoms with van der Waals surface area (Å²) < 4.78 is 27.2. The SMILES string of the molecule is Cc1cnc(Cl)nc1-c1ccc(C)c(F)c1F. The van der Waals surface area contributed by atoms with Gasteiger partial charge in [-0.2, -0.15) is 0 Å². The van der Waals surface area contributed by atoms with E-state index in [1.807, 2.05) is 0 Å². The number of benzene rings is 1. The van der Waals surface area contributed by atoms with Crippen LogP contribution in [-0.2, 0) is 0 Å². The van der Waals surface area contributed by atoms with Gasteiger partial charge in [-0.25, -0.2) is 18.7 Å². The molecule has 5 heteroatoms. The van der Waals surface area contributed by atoms with E-state index in [-0.39, 0.29) is 16.4 Å². The van der Waals surface area contributed by atoms with Crippen LogP contribution in [0.5, 0.6) is 0 Å². The van der Waals surface area contributed by atoms with Gasteiger partial charge in [0.2, 0.25) is 5.28 Å². The highest BCUT2D eigenvalue weighted by molar-refractivity contribution is 6.28. The third-order valence-electron chi connectivity index (χ3n) is 2.47. The minimum atomic E-state index is -0.914. The van der Waals surface area contributed by atoms with E-state index in [9.17, 15) is 8.78 Å². The van der Waals surface area contributed by atoms with Crippen LogP contribution in [0.3, 0.4) is 0 Å². The fourth-order valence-electron chi connectivity index (χ4n) is 1.52. The van der Waals surface area contributed by atoms with Gasteiger partial charge in [-0.3, -0.25) is 0 Å². The van der Waals surface area contributed by atoms with Crippen LogP contribution in [-0.4, -0.2) is 9.97 Å². The van der Waals surface area contributed by atoms with Crippen LogP contribution in [0.15, 0.2) is 18.3 Å². The van der Waals surface area contributed by atoms with E-state index in [0.29, 0.717) is 11.3 Å². The highest BCUT2D eigenvalue weighted by atomic mass is 35.5. The van der Waals surface area contributed by atoms with Crippen LogP contribution in [0.4, 0.5) is 8.78 Å². The summed E-state index contributed by atoms with van der Waals surface area (Å²) in [5.74, 6) is -1.78. The third kappa shape index (κ3) is 2.13. The second-order valence-electron chi connectivity index (χ2n) is 3.73. The van der Waals surface area contributed by atoms with Crippen LogP contribution < -0.4 is 0 Å². The van der Waals surface area contributed by atoms with Crippen molar-refractivity contribution in [1.82, 2.24) is 9.97 Å². The first-order valence-electron chi connectivity index (χ1n) is 4.95. The summed E-state index contributed by atoms with van der Waals surface area (Å²) in [6.45, 7) is 3.21. The van der Waals surface area contributed by atoms with E-state index >= 15 is 0 Å². The minimum absolute atomic E-state index is 0.00554. The average molecular weight is 255 g/mol. The molecule has 1 heterocycles. The first-order valence-corrected chi connectivity index (χ1v) is 5.32. The number of aromatic nitrogens is 2. The Balaban J connectivity index is 2.69. The molecular formula is C12H9ClF2N2. The molecule has 2 rings (SSSR count). The largest absolute Gasteiger partial charge is 0.226 e. The molecule has 0 saturated heterocycles. The summed E-state index contributed by atoms with van der Waals surface area (Å²) in [5, 5.41) is 0.00554. The van der Waals surface area contributed by atoms with Crippen molar-refractivity contribution in [3.05, 3.63) is 46.4 Å². The van der Waals surface area contributed by atoms with Crippen molar-refractivity contribution in [3.63, 3.8) is 0 Å². The van der Waals surface area contributed by atoms with Crippen molar-refractivity contribution < 1.29 is 8.78 Å². The Morgan fingerprint density at radius 2 is 1.76 bits per heavy atom. The number of aryl methyl sites for hydroxylation is 2. The summed E-state index contributed by atoms with van der Waals surface area (Å²) in [6.07, 6.45) is 1.47. The van der Waals surface area contributed by atoms with E-state index in [0.717, 1.165) is 0 Å². The van der Waals surface area contributed by atoms with Crippen LogP contribution in [0.1, 0.15) is 11.1 Å². The van der Waals surface area contributed by atoms with Gasteiger partial charge in [0.25, 0.3) is 0 Å². The molecule has 0 aliphatic carbocycles. The van der Waals surface area contributed by atoms with Gasteiger partial charge >= 0.3 is 0 Å². The Hall–Kier alpha value is -1.55. The first kappa shape index (κ1) is 11.9. The molecule has 0 bridgehead atoms. The van der Waals surface area contributed by atoms with Crippen molar-refractivity contribution in [2.45, 2.75) is 13.8 Å². The number of hydrogen-bond acceptors (Lipinski definition) is 2. The Labute approximate surface area is 102 Å². The highest BCUT2D eigenvalue weighted by Gasteiger charge is 2.15. The number of nitrogens with zero attached hydrogens (tertiary/aromatic N) is 2. The fraction of sp³-hybridized carbons (Fsp3) is 0.167. The lowest BCUT2D eigenvalue weighted by Gasteiger charge is -2.08. The molecule has 0 spiro atoms. The molecule has 0 aliphatic rings. The molecule has 1 aromatic carbocycles. The minimum Gasteiger partial charge on any atom is -0.226 e. The Morgan fingerprint density at radius 3 is 2.47 bits per heavy atom. The Kier molecular flexibility index (Phi) is 3.07. The summed E-state index contributed by atoms with van der Waals surface area (Å²) in [4.78, 5) is 7.69. The highest BCUT2D eigenvalue weighted by Crippen LogP contribution is 2.27. The van der Waals surface area contributed by atoms with E-state index in [1.165, 1.54) is 25.3 Å². The molecule has 88 valence electrons. The van der Waals surface area contributed by atoms with Crippen molar-refractivity contribution >= 4 is 11.6 Å². The maximum atomic E-state index is 13.8. The van der Waals surface area contributed by atoms with Crippen LogP contribution in [0.25, 0.3) is 11.3 Å². The number of rotatable bonds is 1. The zero-order valence-corrected chi connectivity index (χ0v) is 10.0. The molecule has 2 aromatic rings. The topological polar surface area (TPSA) is 25.8 Å². The predicted molar refractivity (Wildman–Crippen MR) is 61.9 cm³/mol. The quantitative estimate of drug-likeness (QED) is 0.726. The zero-order chi connectivity index (χ0) is 12.6. The second kappa shape index (κ2) is 4.37. The van der Waals surface area contributed by atoms with Crippen LogP contribution >= 0.6 is 11.6 Å². The lowest BCUT2D eigenvalue weighted by molar-refractivity contribution is 0.505. The molecule has 0 fully saturated rings. The van der Waals surface area contributed by atoms with Gasteiger partial charge in [-0.15, -0.1) is 0 Å². The molecule has 1 aromatic heterocycles. The van der Waals surface area contributed by atoms with Gasteiger partial charge < -0.3 is 0 Å². The molecule has 0 N–H and O–H groups in total. The van der Waals surface area contributed by atoms with Crippen molar-refractivity contribution in [3.8, 4) is 11.3 Å². The molecule has 0 aliphatic heterocycles. The van der Waals surface area contributed by atoms with Gasteiger partial charge in [0.15, 0.2) is 11.6 Å². The van der Waals surface area contributed by atoms with Gasteiger partial charge in [-0.1, -0.05) is 6.07 Å². The number of halogens is 3. The van der Waals surface area contributed by atoms with E-state index in [1.54, 1.807) is 6.92 Å².